The Hall–Kier alpha value is -2.62. The molecule has 4 nitrogen and oxygen atoms in total. The number of hydrogen-bond donors (Lipinski definition) is 1. The zero-order valence-corrected chi connectivity index (χ0v) is 9.69. The molecule has 0 aliphatic rings. The lowest BCUT2D eigenvalue weighted by molar-refractivity contribution is -0.120. The van der Waals surface area contributed by atoms with E-state index in [2.05, 4.69) is 16.3 Å². The lowest BCUT2D eigenvalue weighted by atomic mass is 10.3. The van der Waals surface area contributed by atoms with Crippen LogP contribution in [0.15, 0.2) is 55.2 Å². The summed E-state index contributed by atoms with van der Waals surface area (Å²) in [7, 11) is 0. The van der Waals surface area contributed by atoms with Gasteiger partial charge in [-0.15, -0.1) is 0 Å². The van der Waals surface area contributed by atoms with Crippen LogP contribution < -0.4 is 4.74 Å². The average molecular weight is 243 g/mol. The van der Waals surface area contributed by atoms with Gasteiger partial charge < -0.3 is 9.84 Å². The second kappa shape index (κ2) is 7.62. The number of carbonyl (C=O) groups is 1. The van der Waals surface area contributed by atoms with E-state index in [4.69, 9.17) is 5.11 Å². The van der Waals surface area contributed by atoms with Crippen LogP contribution in [0.4, 0.5) is 0 Å². The van der Waals surface area contributed by atoms with Gasteiger partial charge in [-0.1, -0.05) is 18.7 Å². The van der Waals surface area contributed by atoms with Crippen molar-refractivity contribution in [1.29, 1.82) is 0 Å². The van der Waals surface area contributed by atoms with Gasteiger partial charge in [0.05, 0.1) is 5.69 Å². The van der Waals surface area contributed by atoms with E-state index < -0.39 is 0 Å². The fraction of sp³-hybridized carbons (Fsp3) is 0. The van der Waals surface area contributed by atoms with Crippen molar-refractivity contribution in [2.24, 2.45) is 0 Å². The van der Waals surface area contributed by atoms with Gasteiger partial charge in [0.1, 0.15) is 11.5 Å². The first kappa shape index (κ1) is 13.4. The molecule has 2 rings (SSSR count). The maximum absolute atomic E-state index is 9.78. The Kier molecular flexibility index (Phi) is 5.69. The summed E-state index contributed by atoms with van der Waals surface area (Å²) in [5, 5.41) is 8.84. The van der Waals surface area contributed by atoms with Crippen LogP contribution in [-0.4, -0.2) is 16.6 Å². The molecule has 18 heavy (non-hydrogen) atoms. The summed E-state index contributed by atoms with van der Waals surface area (Å²) in [5.74, 6) is 0.425. The van der Waals surface area contributed by atoms with Crippen molar-refractivity contribution in [3.63, 3.8) is 0 Å². The first-order valence-electron chi connectivity index (χ1n) is 5.19. The van der Waals surface area contributed by atoms with Crippen molar-refractivity contribution >= 4 is 12.5 Å². The number of benzene rings is 1. The van der Waals surface area contributed by atoms with Crippen molar-refractivity contribution < 1.29 is 14.6 Å². The Morgan fingerprint density at radius 1 is 1.22 bits per heavy atom. The highest BCUT2D eigenvalue weighted by Crippen LogP contribution is 2.16. The van der Waals surface area contributed by atoms with Gasteiger partial charge in [0, 0.05) is 12.3 Å². The molecule has 0 spiro atoms. The maximum Gasteiger partial charge on any atom is 0.298 e. The van der Waals surface area contributed by atoms with Crippen LogP contribution >= 0.6 is 0 Å². The van der Waals surface area contributed by atoms with Crippen LogP contribution in [0.25, 0.3) is 6.08 Å². The summed E-state index contributed by atoms with van der Waals surface area (Å²) >= 11 is 0. The Balaban J connectivity index is 0.000000184. The molecule has 0 amide bonds. The minimum absolute atomic E-state index is 0.0827. The van der Waals surface area contributed by atoms with E-state index in [1.807, 2.05) is 18.2 Å². The van der Waals surface area contributed by atoms with Crippen LogP contribution in [0.5, 0.6) is 11.5 Å². The average Bonchev–Trinajstić information content (AvgIpc) is 2.41. The van der Waals surface area contributed by atoms with Crippen molar-refractivity contribution in [1.82, 2.24) is 4.98 Å². The third-order valence-electron chi connectivity index (χ3n) is 1.90. The minimum Gasteiger partial charge on any atom is -0.508 e. The number of carbonyl (C=O) groups excluding carboxylic acids is 1. The lowest BCUT2D eigenvalue weighted by Crippen LogP contribution is -1.86. The Bertz CT molecular complexity index is 497. The van der Waals surface area contributed by atoms with Crippen molar-refractivity contribution in [3.8, 4) is 11.5 Å². The predicted molar refractivity (Wildman–Crippen MR) is 69.1 cm³/mol. The van der Waals surface area contributed by atoms with Gasteiger partial charge >= 0.3 is 0 Å². The van der Waals surface area contributed by atoms with Gasteiger partial charge in [-0.25, -0.2) is 0 Å². The summed E-state index contributed by atoms with van der Waals surface area (Å²) in [6.07, 6.45) is 3.47. The van der Waals surface area contributed by atoms with E-state index in [-0.39, 0.29) is 5.75 Å². The smallest absolute Gasteiger partial charge is 0.298 e. The molecule has 92 valence electrons. The molecule has 4 heteroatoms. The summed E-state index contributed by atoms with van der Waals surface area (Å²) < 4.78 is 4.45. The zero-order chi connectivity index (χ0) is 13.2. The summed E-state index contributed by atoms with van der Waals surface area (Å²) in [4.78, 5) is 13.8. The highest BCUT2D eigenvalue weighted by Gasteiger charge is 1.91. The Morgan fingerprint density at radius 2 is 2.06 bits per heavy atom. The fourth-order valence-electron chi connectivity index (χ4n) is 1.11. The van der Waals surface area contributed by atoms with Crippen LogP contribution in [0.2, 0.25) is 0 Å². The van der Waals surface area contributed by atoms with Crippen LogP contribution in [-0.2, 0) is 4.79 Å². The molecule has 2 aromatic rings. The van der Waals surface area contributed by atoms with Gasteiger partial charge in [0.2, 0.25) is 0 Å². The third kappa shape index (κ3) is 4.94. The molecule has 0 radical (unpaired) electrons. The number of hydrogen-bond acceptors (Lipinski definition) is 4. The Labute approximate surface area is 105 Å². The number of pyridine rings is 1. The van der Waals surface area contributed by atoms with E-state index >= 15 is 0 Å². The molecule has 1 N–H and O–H groups in total. The fourth-order valence-corrected chi connectivity index (χ4v) is 1.11. The Morgan fingerprint density at radius 3 is 2.56 bits per heavy atom. The molecule has 0 aliphatic carbocycles. The van der Waals surface area contributed by atoms with E-state index in [0.29, 0.717) is 12.2 Å². The first-order valence-corrected chi connectivity index (χ1v) is 5.19. The van der Waals surface area contributed by atoms with Crippen LogP contribution in [0, 0.1) is 0 Å². The number of rotatable bonds is 3. The largest absolute Gasteiger partial charge is 0.508 e. The zero-order valence-electron chi connectivity index (χ0n) is 9.69. The predicted octanol–water partition coefficient (Wildman–Crippen LogP) is 2.65. The normalized spacial score (nSPS) is 8.67. The van der Waals surface area contributed by atoms with Gasteiger partial charge in [-0.05, 0) is 30.3 Å². The van der Waals surface area contributed by atoms with Crippen molar-refractivity contribution in [2.75, 3.05) is 0 Å². The first-order chi connectivity index (χ1) is 8.76. The molecule has 1 aromatic heterocycles. The number of nitrogens with zero attached hydrogens (tertiary/aromatic N) is 1. The van der Waals surface area contributed by atoms with E-state index in [1.165, 1.54) is 12.1 Å². The molecular weight excluding hydrogens is 230 g/mol. The topological polar surface area (TPSA) is 59.4 Å². The lowest BCUT2D eigenvalue weighted by Gasteiger charge is -1.95. The van der Waals surface area contributed by atoms with Crippen LogP contribution in [0.1, 0.15) is 5.69 Å². The van der Waals surface area contributed by atoms with E-state index in [1.54, 1.807) is 24.4 Å². The second-order valence-electron chi connectivity index (χ2n) is 3.17. The third-order valence-corrected chi connectivity index (χ3v) is 1.90. The maximum atomic E-state index is 9.78. The van der Waals surface area contributed by atoms with Crippen molar-refractivity contribution in [2.45, 2.75) is 0 Å². The molecule has 1 heterocycles. The molecule has 1 aromatic carbocycles. The number of phenolic OH excluding ortho intramolecular Hbond substituents is 1. The SMILES string of the molecule is C=Cc1ccccn1.O=COc1cccc(O)c1. The molecule has 0 atom stereocenters. The molecular formula is C14H13NO3. The summed E-state index contributed by atoms with van der Waals surface area (Å²) in [6.45, 7) is 3.88. The second-order valence-corrected chi connectivity index (χ2v) is 3.17. The quantitative estimate of drug-likeness (QED) is 0.842. The van der Waals surface area contributed by atoms with Gasteiger partial charge in [-0.2, -0.15) is 0 Å². The van der Waals surface area contributed by atoms with Gasteiger partial charge in [0.25, 0.3) is 6.47 Å². The number of aromatic nitrogens is 1. The monoisotopic (exact) mass is 243 g/mol. The van der Waals surface area contributed by atoms with Crippen molar-refractivity contribution in [3.05, 3.63) is 60.9 Å². The summed E-state index contributed by atoms with van der Waals surface area (Å²) in [5.41, 5.74) is 0.924. The molecule has 0 saturated carbocycles. The molecule has 0 aliphatic heterocycles. The van der Waals surface area contributed by atoms with Crippen LogP contribution in [0.3, 0.4) is 0 Å². The van der Waals surface area contributed by atoms with Gasteiger partial charge in [0.15, 0.2) is 0 Å². The highest BCUT2D eigenvalue weighted by atomic mass is 16.5. The summed E-state index contributed by atoms with van der Waals surface area (Å²) in [6, 6.07) is 11.7. The van der Waals surface area contributed by atoms with Gasteiger partial charge in [-0.3, -0.25) is 9.78 Å². The highest BCUT2D eigenvalue weighted by molar-refractivity contribution is 5.46. The standard InChI is InChI=1S/C7H7N.C7H6O3/c1-2-7-5-3-4-6-8-7;8-5-10-7-3-1-2-6(9)4-7/h2-6H,1H2;1-5,9H. The molecule has 0 saturated heterocycles. The number of phenols is 1. The number of ether oxygens (including phenoxy) is 1. The molecule has 0 bridgehead atoms. The number of aromatic hydroxyl groups is 1. The van der Waals surface area contributed by atoms with E-state index in [0.717, 1.165) is 5.69 Å². The van der Waals surface area contributed by atoms with E-state index in [9.17, 15) is 4.79 Å². The minimum atomic E-state index is 0.0827. The molecule has 0 unspecified atom stereocenters. The molecule has 0 fully saturated rings.